The summed E-state index contributed by atoms with van der Waals surface area (Å²) in [6.45, 7) is 9.27. The van der Waals surface area contributed by atoms with Crippen LogP contribution < -0.4 is 0 Å². The molecule has 2 rings (SSSR count). The number of benzene rings is 2. The van der Waals surface area contributed by atoms with E-state index in [2.05, 4.69) is 0 Å². The zero-order valence-electron chi connectivity index (χ0n) is 16.1. The van der Waals surface area contributed by atoms with Gasteiger partial charge in [0.2, 0.25) is 11.4 Å². The summed E-state index contributed by atoms with van der Waals surface area (Å²) in [5, 5.41) is 0. The van der Waals surface area contributed by atoms with Gasteiger partial charge in [-0.05, 0) is 55.9 Å². The van der Waals surface area contributed by atoms with Gasteiger partial charge in [-0.15, -0.1) is 0 Å². The van der Waals surface area contributed by atoms with Crippen LogP contribution in [0.1, 0.15) is 63.7 Å². The van der Waals surface area contributed by atoms with Crippen molar-refractivity contribution in [2.45, 2.75) is 53.1 Å². The van der Waals surface area contributed by atoms with Crippen molar-refractivity contribution in [1.29, 1.82) is 0 Å². The lowest BCUT2D eigenvalue weighted by atomic mass is 9.93. The van der Waals surface area contributed by atoms with Crippen molar-refractivity contribution >= 4 is 19.1 Å². The quantitative estimate of drug-likeness (QED) is 0.467. The van der Waals surface area contributed by atoms with Crippen molar-refractivity contribution < 1.29 is 14.2 Å². The lowest BCUT2D eigenvalue weighted by Crippen LogP contribution is -2.20. The summed E-state index contributed by atoms with van der Waals surface area (Å²) in [7, 11) is -2.35. The van der Waals surface area contributed by atoms with E-state index in [0.29, 0.717) is 11.1 Å². The number of aryl methyl sites for hydroxylation is 4. The number of Topliss-reactive ketones (excluding diaryl/α,β-unsaturated/α-hetero) is 1. The van der Waals surface area contributed by atoms with Gasteiger partial charge in [-0.2, -0.15) is 0 Å². The third kappa shape index (κ3) is 3.83. The maximum atomic E-state index is 13.1. The maximum absolute atomic E-state index is 13.1. The molecule has 0 aliphatic carbocycles. The molecule has 0 heterocycles. The molecule has 26 heavy (non-hydrogen) atoms. The van der Waals surface area contributed by atoms with E-state index in [4.69, 9.17) is 0 Å². The van der Waals surface area contributed by atoms with Crippen LogP contribution >= 0.6 is 7.80 Å². The number of hydrogen-bond acceptors (Lipinski definition) is 3. The highest BCUT2D eigenvalue weighted by molar-refractivity contribution is 7.66. The van der Waals surface area contributed by atoms with Crippen LogP contribution in [0, 0.1) is 13.8 Å². The topological polar surface area (TPSA) is 51.2 Å². The van der Waals surface area contributed by atoms with E-state index in [1.165, 1.54) is 0 Å². The minimum absolute atomic E-state index is 0.194. The molecule has 2 aromatic carbocycles. The van der Waals surface area contributed by atoms with Crippen molar-refractivity contribution in [2.24, 2.45) is 0 Å². The van der Waals surface area contributed by atoms with E-state index < -0.39 is 19.0 Å². The molecular formula is C22H26O3P+. The van der Waals surface area contributed by atoms with E-state index in [1.807, 2.05) is 64.1 Å². The Morgan fingerprint density at radius 3 is 1.81 bits per heavy atom. The minimum Gasteiger partial charge on any atom is -0.289 e. The molecule has 0 aromatic heterocycles. The summed E-state index contributed by atoms with van der Waals surface area (Å²) in [6.07, 6.45) is 1.45. The second-order valence-corrected chi connectivity index (χ2v) is 8.43. The first-order valence-electron chi connectivity index (χ1n) is 9.05. The first kappa shape index (κ1) is 20.2. The average molecular weight is 369 g/mol. The Bertz CT molecular complexity index is 825. The third-order valence-corrected chi connectivity index (χ3v) is 6.43. The predicted molar refractivity (Wildman–Crippen MR) is 107 cm³/mol. The molecule has 136 valence electrons. The largest absolute Gasteiger partial charge is 0.431 e. The van der Waals surface area contributed by atoms with E-state index in [-0.39, 0.29) is 5.78 Å². The lowest BCUT2D eigenvalue weighted by molar-refractivity contribution is 0.0981. The van der Waals surface area contributed by atoms with Gasteiger partial charge in [-0.1, -0.05) is 54.8 Å². The second kappa shape index (κ2) is 8.51. The summed E-state index contributed by atoms with van der Waals surface area (Å²) >= 11 is 0. The standard InChI is InChI=1S/C22H26O3P/c1-6-17-12-9-13-18(7-2)20(17)21(23)16(5)26(25)22(24)19-14(3)10-8-11-15(19)4/h8-13,16H,6-7H2,1-5H3/q+1. The van der Waals surface area contributed by atoms with Gasteiger partial charge in [0.05, 0.1) is 5.56 Å². The molecule has 0 saturated carbocycles. The smallest absolute Gasteiger partial charge is 0.289 e. The predicted octanol–water partition coefficient (Wildman–Crippen LogP) is 5.67. The molecule has 0 fully saturated rings. The molecule has 0 aliphatic heterocycles. The van der Waals surface area contributed by atoms with Gasteiger partial charge in [-0.3, -0.25) is 4.79 Å². The van der Waals surface area contributed by atoms with Crippen LogP contribution in [0.5, 0.6) is 0 Å². The van der Waals surface area contributed by atoms with Gasteiger partial charge in [0, 0.05) is 5.56 Å². The molecule has 0 N–H and O–H groups in total. The molecule has 2 atom stereocenters. The van der Waals surface area contributed by atoms with Crippen molar-refractivity contribution in [3.05, 3.63) is 69.8 Å². The third-order valence-electron chi connectivity index (χ3n) is 4.87. The fraction of sp³-hybridized carbons (Fsp3) is 0.364. The minimum atomic E-state index is -2.35. The van der Waals surface area contributed by atoms with Gasteiger partial charge in [-0.25, -0.2) is 4.79 Å². The zero-order valence-corrected chi connectivity index (χ0v) is 17.0. The van der Waals surface area contributed by atoms with Gasteiger partial charge < -0.3 is 0 Å². The van der Waals surface area contributed by atoms with Crippen molar-refractivity contribution in [2.75, 3.05) is 0 Å². The van der Waals surface area contributed by atoms with Gasteiger partial charge in [0.15, 0.2) is 0 Å². The van der Waals surface area contributed by atoms with Crippen LogP contribution in [0.4, 0.5) is 0 Å². The summed E-state index contributed by atoms with van der Waals surface area (Å²) in [5.74, 6) is -0.194. The number of rotatable bonds is 7. The summed E-state index contributed by atoms with van der Waals surface area (Å²) < 4.78 is 12.9. The first-order valence-corrected chi connectivity index (χ1v) is 10.4. The van der Waals surface area contributed by atoms with Crippen molar-refractivity contribution in [3.8, 4) is 0 Å². The number of ketones is 1. The van der Waals surface area contributed by atoms with E-state index in [0.717, 1.165) is 35.1 Å². The maximum Gasteiger partial charge on any atom is 0.431 e. The number of carbonyl (C=O) groups excluding carboxylic acids is 2. The summed E-state index contributed by atoms with van der Waals surface area (Å²) in [4.78, 5) is 26.0. The molecule has 0 saturated heterocycles. The van der Waals surface area contributed by atoms with Crippen LogP contribution in [-0.4, -0.2) is 17.0 Å². The average Bonchev–Trinajstić information content (AvgIpc) is 2.65. The Labute approximate surface area is 156 Å². The van der Waals surface area contributed by atoms with E-state index in [9.17, 15) is 14.2 Å². The second-order valence-electron chi connectivity index (χ2n) is 6.60. The molecule has 0 radical (unpaired) electrons. The highest BCUT2D eigenvalue weighted by Gasteiger charge is 2.43. The Kier molecular flexibility index (Phi) is 6.61. The molecule has 2 aromatic rings. The molecule has 0 bridgehead atoms. The molecule has 0 aliphatic rings. The fourth-order valence-electron chi connectivity index (χ4n) is 3.31. The summed E-state index contributed by atoms with van der Waals surface area (Å²) in [6, 6.07) is 11.3. The van der Waals surface area contributed by atoms with Gasteiger partial charge >= 0.3 is 13.3 Å². The first-order chi connectivity index (χ1) is 12.3. The Morgan fingerprint density at radius 2 is 1.35 bits per heavy atom. The van der Waals surface area contributed by atoms with Crippen LogP contribution in [0.2, 0.25) is 0 Å². The van der Waals surface area contributed by atoms with Gasteiger partial charge in [0.1, 0.15) is 0 Å². The molecule has 2 unspecified atom stereocenters. The molecule has 4 heteroatoms. The number of hydrogen-bond donors (Lipinski definition) is 0. The van der Waals surface area contributed by atoms with Gasteiger partial charge in [0.25, 0.3) is 0 Å². The van der Waals surface area contributed by atoms with Crippen LogP contribution in [0.15, 0.2) is 36.4 Å². The zero-order chi connectivity index (χ0) is 19.4. The molecule has 0 spiro atoms. The summed E-state index contributed by atoms with van der Waals surface area (Å²) in [5.41, 5.74) is 3.34. The Balaban J connectivity index is 2.40. The Hall–Kier alpha value is -2.12. The van der Waals surface area contributed by atoms with Crippen molar-refractivity contribution in [1.82, 2.24) is 0 Å². The van der Waals surface area contributed by atoms with E-state index in [1.54, 1.807) is 6.92 Å². The SMILES string of the molecule is CCc1cccc(CC)c1C(=O)C(C)[P+](=O)C(=O)c1c(C)cccc1C. The van der Waals surface area contributed by atoms with Crippen LogP contribution in [-0.2, 0) is 17.4 Å². The van der Waals surface area contributed by atoms with Crippen LogP contribution in [0.3, 0.4) is 0 Å². The molecule has 3 nitrogen and oxygen atoms in total. The highest BCUT2D eigenvalue weighted by atomic mass is 31.1. The fourth-order valence-corrected chi connectivity index (χ4v) is 4.58. The normalized spacial score (nSPS) is 12.6. The monoisotopic (exact) mass is 369 g/mol. The molecule has 0 amide bonds. The lowest BCUT2D eigenvalue weighted by Gasteiger charge is -2.12. The van der Waals surface area contributed by atoms with E-state index >= 15 is 0 Å². The Morgan fingerprint density at radius 1 is 0.885 bits per heavy atom. The van der Waals surface area contributed by atoms with Crippen molar-refractivity contribution in [3.63, 3.8) is 0 Å². The van der Waals surface area contributed by atoms with Crippen LogP contribution in [0.25, 0.3) is 0 Å². The highest BCUT2D eigenvalue weighted by Crippen LogP contribution is 2.37. The number of carbonyl (C=O) groups is 2. The molecular weight excluding hydrogens is 343 g/mol.